The van der Waals surface area contributed by atoms with Crippen LogP contribution in [0.2, 0.25) is 0 Å². The minimum absolute atomic E-state index is 0.145. The number of aromatic hydroxyl groups is 1. The van der Waals surface area contributed by atoms with Gasteiger partial charge in [-0.1, -0.05) is 41.9 Å². The molecule has 3 nitrogen and oxygen atoms in total. The van der Waals surface area contributed by atoms with Crippen LogP contribution in [0.4, 0.5) is 10.2 Å². The molecule has 1 aromatic heterocycles. The summed E-state index contributed by atoms with van der Waals surface area (Å²) in [5.41, 5.74) is 2.83. The molecule has 3 aromatic rings. The summed E-state index contributed by atoms with van der Waals surface area (Å²) >= 11 is 3.43. The average Bonchev–Trinajstić information content (AvgIpc) is 2.62. The van der Waals surface area contributed by atoms with E-state index in [4.69, 9.17) is 0 Å². The van der Waals surface area contributed by atoms with Crippen LogP contribution in [0.15, 0.2) is 59.1 Å². The van der Waals surface area contributed by atoms with Crippen molar-refractivity contribution in [1.82, 2.24) is 4.98 Å². The third kappa shape index (κ3) is 4.41. The molecule has 0 aliphatic heterocycles. The molecule has 0 unspecified atom stereocenters. The van der Waals surface area contributed by atoms with Gasteiger partial charge in [-0.2, -0.15) is 0 Å². The van der Waals surface area contributed by atoms with Crippen molar-refractivity contribution in [2.75, 3.05) is 11.9 Å². The van der Waals surface area contributed by atoms with E-state index in [0.717, 1.165) is 22.1 Å². The zero-order valence-corrected chi connectivity index (χ0v) is 16.2. The molecule has 0 bridgehead atoms. The van der Waals surface area contributed by atoms with Crippen molar-refractivity contribution in [3.05, 3.63) is 64.9 Å². The van der Waals surface area contributed by atoms with Gasteiger partial charge in [0, 0.05) is 16.6 Å². The first kappa shape index (κ1) is 18.4. The molecule has 0 fully saturated rings. The minimum Gasteiger partial charge on any atom is -0.507 e. The smallest absolute Gasteiger partial charge is 0.127 e. The molecular formula is C21H20BrFN2O. The number of phenols is 1. The third-order valence-corrected chi connectivity index (χ3v) is 4.40. The summed E-state index contributed by atoms with van der Waals surface area (Å²) in [6.07, 6.45) is 0. The minimum atomic E-state index is -0.289. The standard InChI is InChI=1S/C21H20BrFN2O/c1-13(2)12-24-21-10-15(14-4-3-5-17(23)8-14)9-19(25-21)18-11-16(22)6-7-20(18)26/h3-11,13,26H,12H2,1-2H3,(H,24,25). The van der Waals surface area contributed by atoms with Crippen LogP contribution in [0.5, 0.6) is 5.75 Å². The lowest BCUT2D eigenvalue weighted by atomic mass is 10.0. The number of rotatable bonds is 5. The second kappa shape index (κ2) is 7.87. The Morgan fingerprint density at radius 3 is 2.62 bits per heavy atom. The Bertz CT molecular complexity index is 928. The first-order valence-corrected chi connectivity index (χ1v) is 9.22. The molecule has 0 saturated heterocycles. The number of phenolic OH excluding ortho intramolecular Hbond substituents is 1. The summed E-state index contributed by atoms with van der Waals surface area (Å²) in [4.78, 5) is 4.64. The maximum absolute atomic E-state index is 13.7. The summed E-state index contributed by atoms with van der Waals surface area (Å²) in [7, 11) is 0. The lowest BCUT2D eigenvalue weighted by Crippen LogP contribution is -2.09. The first-order valence-electron chi connectivity index (χ1n) is 8.43. The first-order chi connectivity index (χ1) is 12.4. The number of nitrogens with one attached hydrogen (secondary N) is 1. The van der Waals surface area contributed by atoms with Crippen LogP contribution in [0, 0.1) is 11.7 Å². The molecule has 0 atom stereocenters. The van der Waals surface area contributed by atoms with Gasteiger partial charge in [0.05, 0.1) is 5.69 Å². The fourth-order valence-corrected chi connectivity index (χ4v) is 2.98. The number of anilines is 1. The number of pyridine rings is 1. The van der Waals surface area contributed by atoms with Crippen LogP contribution in [0.1, 0.15) is 13.8 Å². The van der Waals surface area contributed by atoms with Gasteiger partial charge < -0.3 is 10.4 Å². The van der Waals surface area contributed by atoms with Crippen LogP contribution in [-0.2, 0) is 0 Å². The Morgan fingerprint density at radius 1 is 1.08 bits per heavy atom. The Labute approximate surface area is 161 Å². The number of hydrogen-bond donors (Lipinski definition) is 2. The largest absolute Gasteiger partial charge is 0.507 e. The second-order valence-corrected chi connectivity index (χ2v) is 7.49. The van der Waals surface area contributed by atoms with Crippen molar-refractivity contribution in [2.24, 2.45) is 5.92 Å². The highest BCUT2D eigenvalue weighted by atomic mass is 79.9. The number of nitrogens with zero attached hydrogens (tertiary/aromatic N) is 1. The van der Waals surface area contributed by atoms with Gasteiger partial charge in [-0.25, -0.2) is 9.37 Å². The van der Waals surface area contributed by atoms with E-state index < -0.39 is 0 Å². The van der Waals surface area contributed by atoms with Gasteiger partial charge in [-0.05, 0) is 59.5 Å². The normalized spacial score (nSPS) is 11.0. The highest BCUT2D eigenvalue weighted by Gasteiger charge is 2.12. The number of benzene rings is 2. The maximum Gasteiger partial charge on any atom is 0.127 e. The second-order valence-electron chi connectivity index (χ2n) is 6.57. The topological polar surface area (TPSA) is 45.1 Å². The van der Waals surface area contributed by atoms with Crippen molar-refractivity contribution in [2.45, 2.75) is 13.8 Å². The summed E-state index contributed by atoms with van der Waals surface area (Å²) in [6, 6.07) is 15.4. The summed E-state index contributed by atoms with van der Waals surface area (Å²) in [6.45, 7) is 5.00. The van der Waals surface area contributed by atoms with E-state index in [1.807, 2.05) is 24.3 Å². The Balaban J connectivity index is 2.12. The molecule has 0 aliphatic rings. The Morgan fingerprint density at radius 2 is 1.88 bits per heavy atom. The Hall–Kier alpha value is -2.40. The van der Waals surface area contributed by atoms with Crippen LogP contribution < -0.4 is 5.32 Å². The molecule has 0 radical (unpaired) electrons. The van der Waals surface area contributed by atoms with Gasteiger partial charge in [-0.15, -0.1) is 0 Å². The van der Waals surface area contributed by atoms with Gasteiger partial charge in [0.1, 0.15) is 17.4 Å². The van der Waals surface area contributed by atoms with Gasteiger partial charge in [0.2, 0.25) is 0 Å². The molecule has 3 rings (SSSR count). The van der Waals surface area contributed by atoms with Crippen LogP contribution >= 0.6 is 15.9 Å². The van der Waals surface area contributed by atoms with Crippen LogP contribution in [-0.4, -0.2) is 16.6 Å². The van der Waals surface area contributed by atoms with Crippen molar-refractivity contribution >= 4 is 21.7 Å². The molecule has 2 aromatic carbocycles. The van der Waals surface area contributed by atoms with E-state index in [0.29, 0.717) is 23.0 Å². The van der Waals surface area contributed by atoms with E-state index in [1.54, 1.807) is 18.2 Å². The lowest BCUT2D eigenvalue weighted by molar-refractivity contribution is 0.477. The molecule has 0 aliphatic carbocycles. The predicted molar refractivity (Wildman–Crippen MR) is 108 cm³/mol. The SMILES string of the molecule is CC(C)CNc1cc(-c2cccc(F)c2)cc(-c2cc(Br)ccc2O)n1. The molecule has 1 heterocycles. The molecule has 0 amide bonds. The third-order valence-electron chi connectivity index (χ3n) is 3.91. The van der Waals surface area contributed by atoms with Crippen molar-refractivity contribution in [1.29, 1.82) is 0 Å². The zero-order valence-electron chi connectivity index (χ0n) is 14.6. The lowest BCUT2D eigenvalue weighted by Gasteiger charge is -2.13. The van der Waals surface area contributed by atoms with Crippen molar-refractivity contribution in [3.8, 4) is 28.1 Å². The fourth-order valence-electron chi connectivity index (χ4n) is 2.62. The molecule has 134 valence electrons. The summed E-state index contributed by atoms with van der Waals surface area (Å²) in [5.74, 6) is 1.00. The highest BCUT2D eigenvalue weighted by Crippen LogP contribution is 2.34. The van der Waals surface area contributed by atoms with Crippen LogP contribution in [0.25, 0.3) is 22.4 Å². The number of hydrogen-bond acceptors (Lipinski definition) is 3. The molecule has 26 heavy (non-hydrogen) atoms. The summed E-state index contributed by atoms with van der Waals surface area (Å²) in [5, 5.41) is 13.6. The molecule has 2 N–H and O–H groups in total. The molecule has 5 heteroatoms. The fraction of sp³-hybridized carbons (Fsp3) is 0.190. The maximum atomic E-state index is 13.7. The monoisotopic (exact) mass is 414 g/mol. The van der Waals surface area contributed by atoms with Gasteiger partial charge >= 0.3 is 0 Å². The summed E-state index contributed by atoms with van der Waals surface area (Å²) < 4.78 is 14.5. The highest BCUT2D eigenvalue weighted by molar-refractivity contribution is 9.10. The molecular weight excluding hydrogens is 395 g/mol. The average molecular weight is 415 g/mol. The van der Waals surface area contributed by atoms with Crippen molar-refractivity contribution < 1.29 is 9.50 Å². The Kier molecular flexibility index (Phi) is 5.57. The quantitative estimate of drug-likeness (QED) is 0.530. The molecule has 0 spiro atoms. The van der Waals surface area contributed by atoms with Gasteiger partial charge in [0.15, 0.2) is 0 Å². The van der Waals surface area contributed by atoms with E-state index in [-0.39, 0.29) is 11.6 Å². The van der Waals surface area contributed by atoms with Crippen LogP contribution in [0.3, 0.4) is 0 Å². The van der Waals surface area contributed by atoms with E-state index in [9.17, 15) is 9.50 Å². The number of halogens is 2. The number of aromatic nitrogens is 1. The predicted octanol–water partition coefficient (Wildman–Crippen LogP) is 6.09. The van der Waals surface area contributed by atoms with Gasteiger partial charge in [0.25, 0.3) is 0 Å². The van der Waals surface area contributed by atoms with Crippen molar-refractivity contribution in [3.63, 3.8) is 0 Å². The van der Waals surface area contributed by atoms with E-state index in [2.05, 4.69) is 40.1 Å². The zero-order chi connectivity index (χ0) is 18.7. The van der Waals surface area contributed by atoms with Gasteiger partial charge in [-0.3, -0.25) is 0 Å². The van der Waals surface area contributed by atoms with E-state index in [1.165, 1.54) is 12.1 Å². The van der Waals surface area contributed by atoms with E-state index >= 15 is 0 Å². The molecule has 0 saturated carbocycles.